The van der Waals surface area contributed by atoms with Gasteiger partial charge in [0.2, 0.25) is 5.91 Å². The molecule has 1 aliphatic carbocycles. The zero-order valence-corrected chi connectivity index (χ0v) is 18.1. The average Bonchev–Trinajstić information content (AvgIpc) is 3.19. The number of sulfonamides is 1. The second kappa shape index (κ2) is 8.64. The van der Waals surface area contributed by atoms with Gasteiger partial charge in [-0.05, 0) is 60.6 Å². The van der Waals surface area contributed by atoms with Crippen LogP contribution in [0, 0.1) is 5.92 Å². The molecular formula is C24H28N2O3S. The minimum atomic E-state index is -3.60. The highest BCUT2D eigenvalue weighted by atomic mass is 32.2. The molecule has 4 rings (SSSR count). The number of para-hydroxylation sites is 1. The summed E-state index contributed by atoms with van der Waals surface area (Å²) in [5.74, 6) is 0.412. The Morgan fingerprint density at radius 2 is 1.80 bits per heavy atom. The van der Waals surface area contributed by atoms with Crippen LogP contribution in [0.1, 0.15) is 43.7 Å². The van der Waals surface area contributed by atoms with Gasteiger partial charge in [-0.3, -0.25) is 9.10 Å². The number of benzene rings is 2. The van der Waals surface area contributed by atoms with Crippen molar-refractivity contribution in [1.82, 2.24) is 5.32 Å². The first-order valence-electron chi connectivity index (χ1n) is 10.6. The van der Waals surface area contributed by atoms with Crippen LogP contribution >= 0.6 is 0 Å². The molecule has 0 spiro atoms. The number of hydrogen-bond acceptors (Lipinski definition) is 3. The van der Waals surface area contributed by atoms with Crippen LogP contribution in [0.5, 0.6) is 0 Å². The largest absolute Gasteiger partial charge is 0.350 e. The molecule has 1 heterocycles. The molecule has 1 fully saturated rings. The Labute approximate surface area is 178 Å². The van der Waals surface area contributed by atoms with Gasteiger partial charge in [0.1, 0.15) is 0 Å². The summed E-state index contributed by atoms with van der Waals surface area (Å²) < 4.78 is 27.6. The third-order valence-electron chi connectivity index (χ3n) is 6.18. The highest BCUT2D eigenvalue weighted by Crippen LogP contribution is 2.32. The monoisotopic (exact) mass is 424 g/mol. The number of carbonyl (C=O) groups is 1. The van der Waals surface area contributed by atoms with E-state index in [0.717, 1.165) is 42.5 Å². The van der Waals surface area contributed by atoms with Crippen molar-refractivity contribution in [2.75, 3.05) is 10.8 Å². The van der Waals surface area contributed by atoms with Gasteiger partial charge in [0.05, 0.1) is 10.6 Å². The van der Waals surface area contributed by atoms with Gasteiger partial charge in [0, 0.05) is 18.7 Å². The van der Waals surface area contributed by atoms with Gasteiger partial charge in [-0.15, -0.1) is 0 Å². The first-order chi connectivity index (χ1) is 14.4. The van der Waals surface area contributed by atoms with E-state index in [9.17, 15) is 13.2 Å². The lowest BCUT2D eigenvalue weighted by atomic mass is 9.86. The summed E-state index contributed by atoms with van der Waals surface area (Å²) in [7, 11) is -3.60. The predicted octanol–water partition coefficient (Wildman–Crippen LogP) is 4.15. The van der Waals surface area contributed by atoms with Crippen LogP contribution in [0.15, 0.2) is 59.5 Å². The predicted molar refractivity (Wildman–Crippen MR) is 120 cm³/mol. The molecular weight excluding hydrogens is 396 g/mol. The molecule has 0 bridgehead atoms. The van der Waals surface area contributed by atoms with Crippen LogP contribution < -0.4 is 9.62 Å². The van der Waals surface area contributed by atoms with Crippen molar-refractivity contribution in [2.45, 2.75) is 50.0 Å². The zero-order valence-electron chi connectivity index (χ0n) is 17.3. The Morgan fingerprint density at radius 3 is 2.57 bits per heavy atom. The van der Waals surface area contributed by atoms with Crippen LogP contribution in [0.3, 0.4) is 0 Å². The van der Waals surface area contributed by atoms with Gasteiger partial charge in [-0.2, -0.15) is 0 Å². The summed E-state index contributed by atoms with van der Waals surface area (Å²) in [6.07, 6.45) is 8.58. The second-order valence-corrected chi connectivity index (χ2v) is 10.1. The molecule has 30 heavy (non-hydrogen) atoms. The molecule has 1 amide bonds. The van der Waals surface area contributed by atoms with Crippen LogP contribution in [0.2, 0.25) is 0 Å². The molecule has 2 aliphatic rings. The Balaban J connectivity index is 1.43. The Kier molecular flexibility index (Phi) is 5.95. The van der Waals surface area contributed by atoms with Gasteiger partial charge in [-0.1, -0.05) is 50.1 Å². The molecule has 1 aliphatic heterocycles. The fourth-order valence-electron chi connectivity index (χ4n) is 4.37. The lowest BCUT2D eigenvalue weighted by Gasteiger charge is -2.29. The molecule has 5 nitrogen and oxygen atoms in total. The first kappa shape index (κ1) is 20.7. The van der Waals surface area contributed by atoms with E-state index >= 15 is 0 Å². The number of fused-ring (bicyclic) bond motifs is 1. The van der Waals surface area contributed by atoms with Crippen molar-refractivity contribution < 1.29 is 13.2 Å². The van der Waals surface area contributed by atoms with E-state index in [1.807, 2.05) is 24.3 Å². The number of hydrogen-bond donors (Lipinski definition) is 1. The topological polar surface area (TPSA) is 66.5 Å². The molecule has 2 aromatic rings. The Morgan fingerprint density at radius 1 is 1.07 bits per heavy atom. The van der Waals surface area contributed by atoms with Gasteiger partial charge in [0.15, 0.2) is 0 Å². The second-order valence-electron chi connectivity index (χ2n) is 8.24. The molecule has 0 radical (unpaired) electrons. The van der Waals surface area contributed by atoms with Crippen molar-refractivity contribution in [1.29, 1.82) is 0 Å². The highest BCUT2D eigenvalue weighted by molar-refractivity contribution is 7.92. The average molecular weight is 425 g/mol. The number of rotatable bonds is 5. The molecule has 2 aromatic carbocycles. The maximum absolute atomic E-state index is 13.1. The SMILES string of the molecule is CC1CCCCC1NC(=O)C=Cc1ccc(S(=O)(=O)N2CCc3ccccc32)cc1. The van der Waals surface area contributed by atoms with Crippen LogP contribution in [-0.2, 0) is 21.2 Å². The fourth-order valence-corrected chi connectivity index (χ4v) is 5.87. The molecule has 2 atom stereocenters. The standard InChI is InChI=1S/C24H28N2O3S/c1-18-6-2-4-8-22(18)25-24(27)15-12-19-10-13-21(14-11-19)30(28,29)26-17-16-20-7-3-5-9-23(20)26/h3,5,7,9-15,18,22H,2,4,6,8,16-17H2,1H3,(H,25,27). The molecule has 6 heteroatoms. The molecule has 1 N–H and O–H groups in total. The highest BCUT2D eigenvalue weighted by Gasteiger charge is 2.30. The molecule has 0 saturated heterocycles. The van der Waals surface area contributed by atoms with Crippen molar-refractivity contribution in [3.63, 3.8) is 0 Å². The lowest BCUT2D eigenvalue weighted by Crippen LogP contribution is -2.40. The van der Waals surface area contributed by atoms with Crippen LogP contribution in [0.25, 0.3) is 6.08 Å². The van der Waals surface area contributed by atoms with E-state index in [2.05, 4.69) is 12.2 Å². The van der Waals surface area contributed by atoms with Gasteiger partial charge in [0.25, 0.3) is 10.0 Å². The van der Waals surface area contributed by atoms with E-state index in [4.69, 9.17) is 0 Å². The maximum Gasteiger partial charge on any atom is 0.264 e. The summed E-state index contributed by atoms with van der Waals surface area (Å²) in [4.78, 5) is 12.5. The van der Waals surface area contributed by atoms with Crippen molar-refractivity contribution in [2.24, 2.45) is 5.92 Å². The van der Waals surface area contributed by atoms with E-state index in [1.165, 1.54) is 16.8 Å². The van der Waals surface area contributed by atoms with E-state index in [-0.39, 0.29) is 16.8 Å². The minimum absolute atomic E-state index is 0.0980. The quantitative estimate of drug-likeness (QED) is 0.734. The summed E-state index contributed by atoms with van der Waals surface area (Å²) in [6, 6.07) is 14.5. The van der Waals surface area contributed by atoms with Gasteiger partial charge < -0.3 is 5.32 Å². The van der Waals surface area contributed by atoms with Gasteiger partial charge >= 0.3 is 0 Å². The van der Waals surface area contributed by atoms with Crippen molar-refractivity contribution in [3.05, 3.63) is 65.7 Å². The lowest BCUT2D eigenvalue weighted by molar-refractivity contribution is -0.117. The Hall–Kier alpha value is -2.60. The number of amides is 1. The zero-order chi connectivity index (χ0) is 21.1. The molecule has 158 valence electrons. The number of carbonyl (C=O) groups excluding carboxylic acids is 1. The van der Waals surface area contributed by atoms with E-state index in [0.29, 0.717) is 12.5 Å². The summed E-state index contributed by atoms with van der Waals surface area (Å²) in [5.41, 5.74) is 2.61. The van der Waals surface area contributed by atoms with E-state index < -0.39 is 10.0 Å². The number of nitrogens with one attached hydrogen (secondary N) is 1. The van der Waals surface area contributed by atoms with Gasteiger partial charge in [-0.25, -0.2) is 8.42 Å². The molecule has 1 saturated carbocycles. The fraction of sp³-hybridized carbons (Fsp3) is 0.375. The molecule has 0 aromatic heterocycles. The third-order valence-corrected chi connectivity index (χ3v) is 8.01. The van der Waals surface area contributed by atoms with Crippen molar-refractivity contribution >= 4 is 27.7 Å². The van der Waals surface area contributed by atoms with Crippen molar-refractivity contribution in [3.8, 4) is 0 Å². The Bertz CT molecular complexity index is 1040. The normalized spacial score (nSPS) is 21.6. The minimum Gasteiger partial charge on any atom is -0.350 e. The third kappa shape index (κ3) is 4.29. The number of nitrogens with zero attached hydrogens (tertiary/aromatic N) is 1. The molecule has 2 unspecified atom stereocenters. The first-order valence-corrected chi connectivity index (χ1v) is 12.1. The summed E-state index contributed by atoms with van der Waals surface area (Å²) in [6.45, 7) is 2.65. The van der Waals surface area contributed by atoms with Crippen LogP contribution in [-0.4, -0.2) is 26.9 Å². The maximum atomic E-state index is 13.1. The van der Waals surface area contributed by atoms with Crippen LogP contribution in [0.4, 0.5) is 5.69 Å². The summed E-state index contributed by atoms with van der Waals surface area (Å²) >= 11 is 0. The smallest absolute Gasteiger partial charge is 0.264 e. The van der Waals surface area contributed by atoms with E-state index in [1.54, 1.807) is 30.3 Å². The number of anilines is 1. The summed E-state index contributed by atoms with van der Waals surface area (Å²) in [5, 5.41) is 3.09.